The van der Waals surface area contributed by atoms with Crippen molar-refractivity contribution in [3.05, 3.63) is 29.3 Å². The number of carbonyl (C=O) groups excluding carboxylic acids is 1. The lowest BCUT2D eigenvalue weighted by Crippen LogP contribution is -2.41. The Balaban J connectivity index is 1.70. The third-order valence-corrected chi connectivity index (χ3v) is 3.99. The normalized spacial score (nSPS) is 26.4. The Morgan fingerprint density at radius 3 is 2.84 bits per heavy atom. The number of rotatable bonds is 3. The Kier molecular flexibility index (Phi) is 3.19. The molecule has 4 heteroatoms. The van der Waals surface area contributed by atoms with Gasteiger partial charge in [0.2, 0.25) is 0 Å². The fraction of sp³-hybridized carbons (Fsp3) is 0.533. The first kappa shape index (κ1) is 12.5. The molecule has 1 aliphatic carbocycles. The molecule has 1 aliphatic heterocycles. The van der Waals surface area contributed by atoms with Gasteiger partial charge in [-0.3, -0.25) is 4.79 Å². The fourth-order valence-electron chi connectivity index (χ4n) is 2.79. The average molecular weight is 260 g/mol. The Morgan fingerprint density at radius 2 is 2.16 bits per heavy atom. The number of carbonyl (C=O) groups is 1. The van der Waals surface area contributed by atoms with Crippen LogP contribution in [0.2, 0.25) is 0 Å². The summed E-state index contributed by atoms with van der Waals surface area (Å²) in [5, 5.41) is 3.08. The first-order valence-corrected chi connectivity index (χ1v) is 6.94. The summed E-state index contributed by atoms with van der Waals surface area (Å²) < 4.78 is 5.73. The van der Waals surface area contributed by atoms with Crippen LogP contribution < -0.4 is 11.1 Å². The molecule has 0 radical (unpaired) electrons. The van der Waals surface area contributed by atoms with Crippen LogP contribution in [0.4, 0.5) is 5.69 Å². The van der Waals surface area contributed by atoms with Crippen LogP contribution in [-0.4, -0.2) is 24.7 Å². The molecule has 4 nitrogen and oxygen atoms in total. The van der Waals surface area contributed by atoms with Crippen LogP contribution in [0.25, 0.3) is 0 Å². The van der Waals surface area contributed by atoms with Gasteiger partial charge in [-0.25, -0.2) is 0 Å². The Labute approximate surface area is 113 Å². The highest BCUT2D eigenvalue weighted by atomic mass is 16.5. The van der Waals surface area contributed by atoms with Crippen LogP contribution in [0.3, 0.4) is 0 Å². The predicted octanol–water partition coefficient (Wildman–Crippen LogP) is 1.87. The van der Waals surface area contributed by atoms with E-state index in [0.717, 1.165) is 18.6 Å². The van der Waals surface area contributed by atoms with E-state index < -0.39 is 0 Å². The van der Waals surface area contributed by atoms with E-state index in [0.29, 0.717) is 17.2 Å². The molecule has 0 spiro atoms. The third kappa shape index (κ3) is 2.59. The van der Waals surface area contributed by atoms with E-state index in [4.69, 9.17) is 10.5 Å². The van der Waals surface area contributed by atoms with Crippen molar-refractivity contribution in [2.45, 2.75) is 38.3 Å². The standard InChI is InChI=1S/C15H20N2O2/c1-9-2-5-11(12(16)8-9)15(18)17-13-6-7-19-14(13)10-3-4-10/h2,5,8,10,13-14H,3-4,6-7,16H2,1H3,(H,17,18). The van der Waals surface area contributed by atoms with Gasteiger partial charge in [0, 0.05) is 12.3 Å². The van der Waals surface area contributed by atoms with Crippen molar-refractivity contribution >= 4 is 11.6 Å². The molecule has 1 saturated heterocycles. The summed E-state index contributed by atoms with van der Waals surface area (Å²) in [7, 11) is 0. The van der Waals surface area contributed by atoms with Gasteiger partial charge < -0.3 is 15.8 Å². The van der Waals surface area contributed by atoms with Crippen LogP contribution in [-0.2, 0) is 4.74 Å². The van der Waals surface area contributed by atoms with Crippen LogP contribution in [0, 0.1) is 12.8 Å². The monoisotopic (exact) mass is 260 g/mol. The van der Waals surface area contributed by atoms with E-state index in [2.05, 4.69) is 5.32 Å². The number of nitrogen functional groups attached to an aromatic ring is 1. The van der Waals surface area contributed by atoms with Crippen molar-refractivity contribution in [2.24, 2.45) is 5.92 Å². The van der Waals surface area contributed by atoms with Crippen molar-refractivity contribution in [3.63, 3.8) is 0 Å². The first-order chi connectivity index (χ1) is 9.15. The lowest BCUT2D eigenvalue weighted by Gasteiger charge is -2.20. The van der Waals surface area contributed by atoms with Crippen molar-refractivity contribution in [1.82, 2.24) is 5.32 Å². The zero-order chi connectivity index (χ0) is 13.4. The molecular formula is C15H20N2O2. The van der Waals surface area contributed by atoms with E-state index in [1.807, 2.05) is 19.1 Å². The average Bonchev–Trinajstić information content (AvgIpc) is 3.10. The van der Waals surface area contributed by atoms with Gasteiger partial charge in [-0.2, -0.15) is 0 Å². The summed E-state index contributed by atoms with van der Waals surface area (Å²) in [5.41, 5.74) is 8.08. The minimum atomic E-state index is -0.0846. The molecule has 102 valence electrons. The molecule has 2 aliphatic rings. The fourth-order valence-corrected chi connectivity index (χ4v) is 2.79. The lowest BCUT2D eigenvalue weighted by molar-refractivity contribution is 0.0730. The van der Waals surface area contributed by atoms with Gasteiger partial charge in [-0.1, -0.05) is 6.07 Å². The maximum Gasteiger partial charge on any atom is 0.253 e. The zero-order valence-electron chi connectivity index (χ0n) is 11.2. The van der Waals surface area contributed by atoms with Crippen LogP contribution in [0.15, 0.2) is 18.2 Å². The van der Waals surface area contributed by atoms with E-state index in [1.165, 1.54) is 12.8 Å². The number of hydrogen-bond donors (Lipinski definition) is 2. The second kappa shape index (κ2) is 4.85. The SMILES string of the molecule is Cc1ccc(C(=O)NC2CCOC2C2CC2)c(N)c1. The highest BCUT2D eigenvalue weighted by Gasteiger charge is 2.41. The van der Waals surface area contributed by atoms with Gasteiger partial charge in [0.1, 0.15) is 0 Å². The van der Waals surface area contributed by atoms with Gasteiger partial charge in [-0.15, -0.1) is 0 Å². The molecule has 1 heterocycles. The van der Waals surface area contributed by atoms with Crippen LogP contribution in [0.5, 0.6) is 0 Å². The maximum absolute atomic E-state index is 12.3. The highest BCUT2D eigenvalue weighted by molar-refractivity contribution is 5.99. The first-order valence-electron chi connectivity index (χ1n) is 6.94. The smallest absolute Gasteiger partial charge is 0.253 e. The molecule has 19 heavy (non-hydrogen) atoms. The molecule has 1 aromatic rings. The second-order valence-electron chi connectivity index (χ2n) is 5.63. The van der Waals surface area contributed by atoms with Crippen molar-refractivity contribution in [3.8, 4) is 0 Å². The summed E-state index contributed by atoms with van der Waals surface area (Å²) >= 11 is 0. The Bertz CT molecular complexity index is 497. The number of amides is 1. The predicted molar refractivity (Wildman–Crippen MR) is 73.9 cm³/mol. The van der Waals surface area contributed by atoms with Crippen molar-refractivity contribution in [2.75, 3.05) is 12.3 Å². The quantitative estimate of drug-likeness (QED) is 0.815. The topological polar surface area (TPSA) is 64.3 Å². The van der Waals surface area contributed by atoms with Gasteiger partial charge in [-0.05, 0) is 49.8 Å². The van der Waals surface area contributed by atoms with Gasteiger partial charge in [0.25, 0.3) is 5.91 Å². The summed E-state index contributed by atoms with van der Waals surface area (Å²) in [6, 6.07) is 5.68. The van der Waals surface area contributed by atoms with Crippen molar-refractivity contribution < 1.29 is 9.53 Å². The van der Waals surface area contributed by atoms with Crippen molar-refractivity contribution in [1.29, 1.82) is 0 Å². The second-order valence-corrected chi connectivity index (χ2v) is 5.63. The molecule has 3 N–H and O–H groups in total. The van der Waals surface area contributed by atoms with Gasteiger partial charge >= 0.3 is 0 Å². The Hall–Kier alpha value is -1.55. The van der Waals surface area contributed by atoms with Crippen LogP contribution in [0.1, 0.15) is 35.2 Å². The van der Waals surface area contributed by atoms with E-state index in [-0.39, 0.29) is 18.1 Å². The van der Waals surface area contributed by atoms with Gasteiger partial charge in [0.05, 0.1) is 17.7 Å². The van der Waals surface area contributed by atoms with Crippen LogP contribution >= 0.6 is 0 Å². The molecule has 1 amide bonds. The van der Waals surface area contributed by atoms with Gasteiger partial charge in [0.15, 0.2) is 0 Å². The number of ether oxygens (including phenoxy) is 1. The molecule has 2 atom stereocenters. The number of hydrogen-bond acceptors (Lipinski definition) is 3. The minimum absolute atomic E-state index is 0.0846. The Morgan fingerprint density at radius 1 is 1.37 bits per heavy atom. The molecular weight excluding hydrogens is 240 g/mol. The largest absolute Gasteiger partial charge is 0.398 e. The number of anilines is 1. The number of nitrogens with two attached hydrogens (primary N) is 1. The summed E-state index contributed by atoms with van der Waals surface area (Å²) in [6.45, 7) is 2.71. The zero-order valence-corrected chi connectivity index (χ0v) is 11.2. The van der Waals surface area contributed by atoms with E-state index in [1.54, 1.807) is 6.07 Å². The molecule has 1 saturated carbocycles. The molecule has 0 aromatic heterocycles. The lowest BCUT2D eigenvalue weighted by atomic mass is 10.0. The highest BCUT2D eigenvalue weighted by Crippen LogP contribution is 2.38. The molecule has 0 bridgehead atoms. The van der Waals surface area contributed by atoms with E-state index >= 15 is 0 Å². The number of benzene rings is 1. The molecule has 1 aromatic carbocycles. The number of nitrogens with one attached hydrogen (secondary N) is 1. The summed E-state index contributed by atoms with van der Waals surface area (Å²) in [6.07, 6.45) is 3.56. The summed E-state index contributed by atoms with van der Waals surface area (Å²) in [5.74, 6) is 0.557. The molecule has 2 unspecified atom stereocenters. The maximum atomic E-state index is 12.3. The molecule has 3 rings (SSSR count). The minimum Gasteiger partial charge on any atom is -0.398 e. The third-order valence-electron chi connectivity index (χ3n) is 3.99. The van der Waals surface area contributed by atoms with E-state index in [9.17, 15) is 4.79 Å². The summed E-state index contributed by atoms with van der Waals surface area (Å²) in [4.78, 5) is 12.3. The number of aryl methyl sites for hydroxylation is 1. The molecule has 2 fully saturated rings.